The van der Waals surface area contributed by atoms with E-state index in [-0.39, 0.29) is 5.91 Å². The lowest BCUT2D eigenvalue weighted by Crippen LogP contribution is -2.27. The van der Waals surface area contributed by atoms with E-state index in [4.69, 9.17) is 11.6 Å². The molecule has 0 aliphatic rings. The van der Waals surface area contributed by atoms with Gasteiger partial charge in [0.25, 0.3) is 5.91 Å². The quantitative estimate of drug-likeness (QED) is 0.865. The second-order valence-electron chi connectivity index (χ2n) is 4.71. The first-order valence-electron chi connectivity index (χ1n) is 6.40. The Kier molecular flexibility index (Phi) is 4.13. The van der Waals surface area contributed by atoms with Crippen molar-refractivity contribution in [1.82, 2.24) is 24.5 Å². The fourth-order valence-corrected chi connectivity index (χ4v) is 2.13. The predicted octanol–water partition coefficient (Wildman–Crippen LogP) is 1.87. The van der Waals surface area contributed by atoms with Gasteiger partial charge in [-0.15, -0.1) is 0 Å². The lowest BCUT2D eigenvalue weighted by Gasteiger charge is -2.15. The summed E-state index contributed by atoms with van der Waals surface area (Å²) in [6, 6.07) is 0. The minimum atomic E-state index is -0.0854. The van der Waals surface area contributed by atoms with E-state index in [0.29, 0.717) is 22.8 Å². The molecule has 2 aromatic rings. The Labute approximate surface area is 122 Å². The standard InChI is InChI=1S/C13H18ClN5O/c1-5-19-7-11(14)12(16-19)8-17(3)13(20)10-6-15-18(4)9(10)2/h6-7H,5,8H2,1-4H3. The summed E-state index contributed by atoms with van der Waals surface area (Å²) < 4.78 is 3.44. The molecule has 0 bridgehead atoms. The Hall–Kier alpha value is -1.82. The van der Waals surface area contributed by atoms with E-state index >= 15 is 0 Å². The second kappa shape index (κ2) is 5.66. The average Bonchev–Trinajstić information content (AvgIpc) is 2.94. The molecule has 20 heavy (non-hydrogen) atoms. The summed E-state index contributed by atoms with van der Waals surface area (Å²) in [6.07, 6.45) is 3.35. The molecule has 7 heteroatoms. The lowest BCUT2D eigenvalue weighted by atomic mass is 10.2. The highest BCUT2D eigenvalue weighted by molar-refractivity contribution is 6.31. The highest BCUT2D eigenvalue weighted by Gasteiger charge is 2.19. The van der Waals surface area contributed by atoms with E-state index in [9.17, 15) is 4.79 Å². The van der Waals surface area contributed by atoms with Gasteiger partial charge in [0, 0.05) is 32.5 Å². The number of amides is 1. The van der Waals surface area contributed by atoms with Crippen LogP contribution in [0, 0.1) is 6.92 Å². The van der Waals surface area contributed by atoms with E-state index in [1.807, 2.05) is 20.9 Å². The molecule has 0 saturated carbocycles. The van der Waals surface area contributed by atoms with Gasteiger partial charge in [0.1, 0.15) is 5.69 Å². The molecule has 0 atom stereocenters. The molecule has 0 aliphatic heterocycles. The monoisotopic (exact) mass is 295 g/mol. The fraction of sp³-hybridized carbons (Fsp3) is 0.462. The first-order valence-corrected chi connectivity index (χ1v) is 6.77. The summed E-state index contributed by atoms with van der Waals surface area (Å²) in [7, 11) is 3.54. The van der Waals surface area contributed by atoms with Gasteiger partial charge < -0.3 is 4.90 Å². The van der Waals surface area contributed by atoms with Crippen LogP contribution in [0.15, 0.2) is 12.4 Å². The van der Waals surface area contributed by atoms with Gasteiger partial charge in [0.2, 0.25) is 0 Å². The maximum atomic E-state index is 12.4. The molecule has 0 spiro atoms. The maximum absolute atomic E-state index is 12.4. The van der Waals surface area contributed by atoms with Gasteiger partial charge in [-0.1, -0.05) is 11.6 Å². The Morgan fingerprint density at radius 2 is 2.20 bits per heavy atom. The molecule has 0 saturated heterocycles. The number of aryl methyl sites for hydroxylation is 2. The predicted molar refractivity (Wildman–Crippen MR) is 76.7 cm³/mol. The highest BCUT2D eigenvalue weighted by Crippen LogP contribution is 2.17. The molecule has 0 N–H and O–H groups in total. The van der Waals surface area contributed by atoms with Crippen LogP contribution in [0.4, 0.5) is 0 Å². The molecule has 2 aromatic heterocycles. The van der Waals surface area contributed by atoms with Crippen LogP contribution in [0.25, 0.3) is 0 Å². The Morgan fingerprint density at radius 3 is 2.70 bits per heavy atom. The largest absolute Gasteiger partial charge is 0.336 e. The van der Waals surface area contributed by atoms with Crippen molar-refractivity contribution in [3.8, 4) is 0 Å². The second-order valence-corrected chi connectivity index (χ2v) is 5.12. The summed E-state index contributed by atoms with van der Waals surface area (Å²) in [5, 5.41) is 9.01. The third-order valence-corrected chi connectivity index (χ3v) is 3.63. The molecular weight excluding hydrogens is 278 g/mol. The minimum Gasteiger partial charge on any atom is -0.336 e. The van der Waals surface area contributed by atoms with Gasteiger partial charge in [0.05, 0.1) is 23.3 Å². The van der Waals surface area contributed by atoms with Gasteiger partial charge in [-0.2, -0.15) is 10.2 Å². The molecule has 108 valence electrons. The van der Waals surface area contributed by atoms with Gasteiger partial charge in [-0.3, -0.25) is 14.2 Å². The molecule has 0 unspecified atom stereocenters. The van der Waals surface area contributed by atoms with Crippen LogP contribution in [0.2, 0.25) is 5.02 Å². The van der Waals surface area contributed by atoms with Crippen molar-refractivity contribution in [2.45, 2.75) is 26.9 Å². The van der Waals surface area contributed by atoms with E-state index < -0.39 is 0 Å². The maximum Gasteiger partial charge on any atom is 0.257 e. The summed E-state index contributed by atoms with van der Waals surface area (Å²) >= 11 is 6.12. The SMILES string of the molecule is CCn1cc(Cl)c(CN(C)C(=O)c2cnn(C)c2C)n1. The zero-order chi connectivity index (χ0) is 14.9. The lowest BCUT2D eigenvalue weighted by molar-refractivity contribution is 0.0782. The highest BCUT2D eigenvalue weighted by atomic mass is 35.5. The molecule has 1 amide bonds. The van der Waals surface area contributed by atoms with Crippen LogP contribution < -0.4 is 0 Å². The first kappa shape index (κ1) is 14.6. The Balaban J connectivity index is 2.15. The third kappa shape index (κ3) is 2.70. The van der Waals surface area contributed by atoms with Gasteiger partial charge >= 0.3 is 0 Å². The van der Waals surface area contributed by atoms with Gasteiger partial charge in [-0.25, -0.2) is 0 Å². The smallest absolute Gasteiger partial charge is 0.257 e. The molecule has 0 fully saturated rings. The summed E-state index contributed by atoms with van der Waals surface area (Å²) in [5.74, 6) is -0.0854. The van der Waals surface area contributed by atoms with Crippen molar-refractivity contribution in [1.29, 1.82) is 0 Å². The number of aromatic nitrogens is 4. The number of hydrogen-bond donors (Lipinski definition) is 0. The fourth-order valence-electron chi connectivity index (χ4n) is 1.92. The molecule has 0 aromatic carbocycles. The number of rotatable bonds is 4. The van der Waals surface area contributed by atoms with Crippen LogP contribution in [-0.2, 0) is 20.1 Å². The molecule has 0 aliphatic carbocycles. The normalized spacial score (nSPS) is 10.8. The van der Waals surface area contributed by atoms with Crippen LogP contribution in [-0.4, -0.2) is 37.4 Å². The van der Waals surface area contributed by atoms with E-state index in [1.54, 1.807) is 33.7 Å². The Bertz CT molecular complexity index is 631. The molecule has 2 heterocycles. The zero-order valence-electron chi connectivity index (χ0n) is 12.1. The number of halogens is 1. The number of nitrogens with zero attached hydrogens (tertiary/aromatic N) is 5. The van der Waals surface area contributed by atoms with E-state index in [1.165, 1.54) is 0 Å². The summed E-state index contributed by atoms with van der Waals surface area (Å²) in [4.78, 5) is 14.0. The molecule has 0 radical (unpaired) electrons. The topological polar surface area (TPSA) is 56.0 Å². The van der Waals surface area contributed by atoms with Gasteiger partial charge in [-0.05, 0) is 13.8 Å². The number of carbonyl (C=O) groups is 1. The van der Waals surface area contributed by atoms with Crippen LogP contribution in [0.3, 0.4) is 0 Å². The van der Waals surface area contributed by atoms with Crippen LogP contribution in [0.5, 0.6) is 0 Å². The summed E-state index contributed by atoms with van der Waals surface area (Å²) in [5.41, 5.74) is 2.14. The van der Waals surface area contributed by atoms with Crippen molar-refractivity contribution in [2.24, 2.45) is 7.05 Å². The minimum absolute atomic E-state index is 0.0854. The molecular formula is C13H18ClN5O. The Morgan fingerprint density at radius 1 is 1.50 bits per heavy atom. The number of carbonyl (C=O) groups excluding carboxylic acids is 1. The molecule has 2 rings (SSSR count). The van der Waals surface area contributed by atoms with Crippen molar-refractivity contribution in [3.05, 3.63) is 34.4 Å². The van der Waals surface area contributed by atoms with E-state index in [2.05, 4.69) is 10.2 Å². The average molecular weight is 296 g/mol. The third-order valence-electron chi connectivity index (χ3n) is 3.31. The van der Waals surface area contributed by atoms with Crippen molar-refractivity contribution < 1.29 is 4.79 Å². The van der Waals surface area contributed by atoms with Gasteiger partial charge in [0.15, 0.2) is 0 Å². The van der Waals surface area contributed by atoms with Crippen molar-refractivity contribution >= 4 is 17.5 Å². The van der Waals surface area contributed by atoms with Crippen LogP contribution >= 0.6 is 11.6 Å². The zero-order valence-corrected chi connectivity index (χ0v) is 12.8. The van der Waals surface area contributed by atoms with Crippen molar-refractivity contribution in [3.63, 3.8) is 0 Å². The van der Waals surface area contributed by atoms with Crippen molar-refractivity contribution in [2.75, 3.05) is 7.05 Å². The molecule has 6 nitrogen and oxygen atoms in total. The first-order chi connectivity index (χ1) is 9.43. The number of hydrogen-bond acceptors (Lipinski definition) is 3. The van der Waals surface area contributed by atoms with E-state index in [0.717, 1.165) is 12.2 Å². The summed E-state index contributed by atoms with van der Waals surface area (Å²) in [6.45, 7) is 4.98. The van der Waals surface area contributed by atoms with Crippen LogP contribution in [0.1, 0.15) is 28.7 Å².